The molecule has 1 unspecified atom stereocenters. The molecule has 1 heterocycles. The van der Waals surface area contributed by atoms with Gasteiger partial charge in [-0.2, -0.15) is 0 Å². The van der Waals surface area contributed by atoms with Crippen molar-refractivity contribution in [2.24, 2.45) is 0 Å². The second-order valence-electron chi connectivity index (χ2n) is 8.18. The zero-order valence-electron chi connectivity index (χ0n) is 19.3. The highest BCUT2D eigenvalue weighted by Gasteiger charge is 2.27. The molecule has 0 bridgehead atoms. The molecule has 5 nitrogen and oxygen atoms in total. The van der Waals surface area contributed by atoms with Crippen molar-refractivity contribution in [2.45, 2.75) is 38.9 Å². The summed E-state index contributed by atoms with van der Waals surface area (Å²) in [5, 5.41) is 4.40. The lowest BCUT2D eigenvalue weighted by molar-refractivity contribution is -0.00265. The lowest BCUT2D eigenvalue weighted by Gasteiger charge is -2.23. The van der Waals surface area contributed by atoms with E-state index in [4.69, 9.17) is 44.9 Å². The minimum Gasteiger partial charge on any atom is -0.455 e. The van der Waals surface area contributed by atoms with Gasteiger partial charge in [-0.25, -0.2) is 0 Å². The maximum absolute atomic E-state index is 12.6. The molecule has 0 radical (unpaired) electrons. The van der Waals surface area contributed by atoms with Crippen LogP contribution in [0.4, 0.5) is 5.69 Å². The molecule has 0 aromatic heterocycles. The van der Waals surface area contributed by atoms with Gasteiger partial charge in [0.2, 0.25) is 6.29 Å². The Labute approximate surface area is 220 Å². The SMILES string of the molecule is CCCCC(Oc1ccc(Cl)cc1)Oc1cccc2c1CCN2C(=S)NC(=O)c1ccc(Cl)cc1. The first-order valence-corrected chi connectivity index (χ1v) is 12.7. The molecule has 182 valence electrons. The van der Waals surface area contributed by atoms with Crippen LogP contribution < -0.4 is 19.7 Å². The fourth-order valence-electron chi connectivity index (χ4n) is 3.88. The summed E-state index contributed by atoms with van der Waals surface area (Å²) in [5.74, 6) is 1.19. The van der Waals surface area contributed by atoms with Crippen LogP contribution in [0.5, 0.6) is 11.5 Å². The summed E-state index contributed by atoms with van der Waals surface area (Å²) in [4.78, 5) is 14.5. The van der Waals surface area contributed by atoms with E-state index in [2.05, 4.69) is 12.2 Å². The third-order valence-corrected chi connectivity index (χ3v) is 6.52. The summed E-state index contributed by atoms with van der Waals surface area (Å²) < 4.78 is 12.5. The van der Waals surface area contributed by atoms with Gasteiger partial charge >= 0.3 is 0 Å². The Kier molecular flexibility index (Phi) is 8.50. The van der Waals surface area contributed by atoms with Gasteiger partial charge in [-0.05, 0) is 85.7 Å². The number of benzene rings is 3. The maximum Gasteiger partial charge on any atom is 0.257 e. The van der Waals surface area contributed by atoms with Crippen molar-refractivity contribution in [3.05, 3.63) is 87.9 Å². The zero-order chi connectivity index (χ0) is 24.8. The second kappa shape index (κ2) is 11.8. The molecule has 1 aliphatic heterocycles. The minimum atomic E-state index is -0.437. The number of nitrogens with zero attached hydrogens (tertiary/aromatic N) is 1. The highest BCUT2D eigenvalue weighted by atomic mass is 35.5. The van der Waals surface area contributed by atoms with Crippen molar-refractivity contribution >= 4 is 52.1 Å². The van der Waals surface area contributed by atoms with Crippen molar-refractivity contribution < 1.29 is 14.3 Å². The number of halogens is 2. The Hall–Kier alpha value is -2.80. The van der Waals surface area contributed by atoms with Crippen molar-refractivity contribution in [3.63, 3.8) is 0 Å². The van der Waals surface area contributed by atoms with Crippen LogP contribution in [0.2, 0.25) is 10.0 Å². The topological polar surface area (TPSA) is 50.8 Å². The lowest BCUT2D eigenvalue weighted by atomic mass is 10.1. The highest BCUT2D eigenvalue weighted by Crippen LogP contribution is 2.36. The van der Waals surface area contributed by atoms with E-state index in [1.54, 1.807) is 36.4 Å². The van der Waals surface area contributed by atoms with Gasteiger partial charge in [0, 0.05) is 34.1 Å². The van der Waals surface area contributed by atoms with Gasteiger partial charge in [-0.3, -0.25) is 10.1 Å². The molecule has 0 spiro atoms. The van der Waals surface area contributed by atoms with Gasteiger partial charge in [0.15, 0.2) is 5.11 Å². The molecule has 0 aliphatic carbocycles. The number of hydrogen-bond acceptors (Lipinski definition) is 4. The molecule has 3 aromatic rings. The molecule has 0 fully saturated rings. The van der Waals surface area contributed by atoms with E-state index < -0.39 is 6.29 Å². The molecular weight excluding hydrogens is 503 g/mol. The number of ether oxygens (including phenoxy) is 2. The van der Waals surface area contributed by atoms with E-state index >= 15 is 0 Å². The Morgan fingerprint density at radius 1 is 1.03 bits per heavy atom. The van der Waals surface area contributed by atoms with Crippen LogP contribution in [0.15, 0.2) is 66.7 Å². The second-order valence-corrected chi connectivity index (χ2v) is 9.44. The van der Waals surface area contributed by atoms with Crippen molar-refractivity contribution in [3.8, 4) is 11.5 Å². The van der Waals surface area contributed by atoms with E-state index in [-0.39, 0.29) is 5.91 Å². The van der Waals surface area contributed by atoms with E-state index in [0.717, 1.165) is 42.7 Å². The summed E-state index contributed by atoms with van der Waals surface area (Å²) in [6.07, 6.45) is 3.06. The van der Waals surface area contributed by atoms with Crippen LogP contribution in [-0.2, 0) is 6.42 Å². The van der Waals surface area contributed by atoms with Crippen LogP contribution in [0.3, 0.4) is 0 Å². The van der Waals surface area contributed by atoms with E-state index in [1.165, 1.54) is 0 Å². The maximum atomic E-state index is 12.6. The number of hydrogen-bond donors (Lipinski definition) is 1. The Balaban J connectivity index is 1.47. The zero-order valence-corrected chi connectivity index (χ0v) is 21.6. The van der Waals surface area contributed by atoms with Crippen LogP contribution >= 0.6 is 35.4 Å². The van der Waals surface area contributed by atoms with Crippen LogP contribution in [0, 0.1) is 0 Å². The Morgan fingerprint density at radius 3 is 2.40 bits per heavy atom. The van der Waals surface area contributed by atoms with Gasteiger partial charge in [0.25, 0.3) is 5.91 Å². The molecule has 0 saturated carbocycles. The van der Waals surface area contributed by atoms with Gasteiger partial charge in [0.1, 0.15) is 11.5 Å². The summed E-state index contributed by atoms with van der Waals surface area (Å²) in [5.41, 5.74) is 2.45. The average molecular weight is 529 g/mol. The molecule has 1 atom stereocenters. The number of carbonyl (C=O) groups is 1. The molecular formula is C27H26Cl2N2O3S. The summed E-state index contributed by atoms with van der Waals surface area (Å²) in [6, 6.07) is 19.8. The Morgan fingerprint density at radius 2 is 1.71 bits per heavy atom. The first kappa shape index (κ1) is 25.3. The number of rotatable bonds is 8. The third-order valence-electron chi connectivity index (χ3n) is 5.69. The summed E-state index contributed by atoms with van der Waals surface area (Å²) >= 11 is 17.5. The molecule has 4 rings (SSSR count). The molecule has 8 heteroatoms. The summed E-state index contributed by atoms with van der Waals surface area (Å²) in [7, 11) is 0. The first-order chi connectivity index (χ1) is 16.9. The number of unbranched alkanes of at least 4 members (excludes halogenated alkanes) is 1. The van der Waals surface area contributed by atoms with Crippen molar-refractivity contribution in [1.82, 2.24) is 5.32 Å². The number of carbonyl (C=O) groups excluding carboxylic acids is 1. The first-order valence-electron chi connectivity index (χ1n) is 11.5. The van der Waals surface area contributed by atoms with Gasteiger partial charge in [0.05, 0.1) is 5.69 Å². The quantitative estimate of drug-likeness (QED) is 0.251. The molecule has 1 N–H and O–H groups in total. The van der Waals surface area contributed by atoms with Crippen LogP contribution in [-0.4, -0.2) is 23.9 Å². The molecule has 1 amide bonds. The number of anilines is 1. The molecule has 1 aliphatic rings. The lowest BCUT2D eigenvalue weighted by Crippen LogP contribution is -2.41. The number of nitrogens with one attached hydrogen (secondary N) is 1. The number of fused-ring (bicyclic) bond motifs is 1. The van der Waals surface area contributed by atoms with Crippen molar-refractivity contribution in [2.75, 3.05) is 11.4 Å². The Bertz CT molecular complexity index is 1190. The normalized spacial score (nSPS) is 13.2. The molecule has 0 saturated heterocycles. The van der Waals surface area contributed by atoms with Gasteiger partial charge in [-0.15, -0.1) is 0 Å². The van der Waals surface area contributed by atoms with Crippen LogP contribution in [0.25, 0.3) is 0 Å². The fraction of sp³-hybridized carbons (Fsp3) is 0.259. The predicted octanol–water partition coefficient (Wildman–Crippen LogP) is 7.04. The van der Waals surface area contributed by atoms with Gasteiger partial charge < -0.3 is 14.4 Å². The minimum absolute atomic E-state index is 0.275. The standard InChI is InChI=1S/C27H26Cl2N2O3S/c1-2-3-7-25(33-21-14-12-20(29)13-15-21)34-24-6-4-5-23-22(24)16-17-31(23)27(35)30-26(32)18-8-10-19(28)11-9-18/h4-6,8-15,25H,2-3,7,16-17H2,1H3,(H,30,32,35). The molecule has 3 aromatic carbocycles. The van der Waals surface area contributed by atoms with Crippen LogP contribution in [0.1, 0.15) is 42.1 Å². The number of thiocarbonyl (C=S) groups is 1. The smallest absolute Gasteiger partial charge is 0.257 e. The molecule has 35 heavy (non-hydrogen) atoms. The summed E-state index contributed by atoms with van der Waals surface area (Å²) in [6.45, 7) is 2.78. The van der Waals surface area contributed by atoms with E-state index in [0.29, 0.717) is 33.0 Å². The third kappa shape index (κ3) is 6.45. The largest absolute Gasteiger partial charge is 0.455 e. The van der Waals surface area contributed by atoms with E-state index in [9.17, 15) is 4.79 Å². The highest BCUT2D eigenvalue weighted by molar-refractivity contribution is 7.80. The number of amides is 1. The van der Waals surface area contributed by atoms with Crippen molar-refractivity contribution in [1.29, 1.82) is 0 Å². The van der Waals surface area contributed by atoms with E-state index in [1.807, 2.05) is 35.2 Å². The predicted molar refractivity (Wildman–Crippen MR) is 145 cm³/mol. The monoisotopic (exact) mass is 528 g/mol. The average Bonchev–Trinajstić information content (AvgIpc) is 3.29. The van der Waals surface area contributed by atoms with Gasteiger partial charge in [-0.1, -0.05) is 42.6 Å². The fourth-order valence-corrected chi connectivity index (χ4v) is 4.42.